The van der Waals surface area contributed by atoms with Gasteiger partial charge in [0.15, 0.2) is 0 Å². The summed E-state index contributed by atoms with van der Waals surface area (Å²) in [6, 6.07) is 7.34. The van der Waals surface area contributed by atoms with Gasteiger partial charge in [-0.15, -0.1) is 0 Å². The number of nitrogens with zero attached hydrogens (tertiary/aromatic N) is 3. The second kappa shape index (κ2) is 10.3. The van der Waals surface area contributed by atoms with Crippen molar-refractivity contribution in [3.8, 4) is 0 Å². The van der Waals surface area contributed by atoms with E-state index in [2.05, 4.69) is 16.9 Å². The summed E-state index contributed by atoms with van der Waals surface area (Å²) in [4.78, 5) is 35.5. The van der Waals surface area contributed by atoms with Crippen molar-refractivity contribution >= 4 is 34.3 Å². The number of fused-ring (bicyclic) bond motifs is 1. The number of piperidine rings is 2. The first-order valence-electron chi connectivity index (χ1n) is 12.0. The lowest BCUT2D eigenvalue weighted by Gasteiger charge is -2.39. The molecule has 0 radical (unpaired) electrons. The SMILES string of the molecule is CCCN(CC(=O)N1CCC(C2CCN(C)CC2)CC1)C(=O)c1cc2cc(Cl)ccc2[nH]1. The first kappa shape index (κ1) is 23.1. The molecule has 0 bridgehead atoms. The molecule has 2 aliphatic heterocycles. The minimum absolute atomic E-state index is 0.0628. The maximum Gasteiger partial charge on any atom is 0.270 e. The maximum absolute atomic E-state index is 13.2. The van der Waals surface area contributed by atoms with Gasteiger partial charge in [-0.1, -0.05) is 18.5 Å². The summed E-state index contributed by atoms with van der Waals surface area (Å²) >= 11 is 6.08. The highest BCUT2D eigenvalue weighted by Crippen LogP contribution is 2.32. The van der Waals surface area contributed by atoms with Gasteiger partial charge < -0.3 is 19.7 Å². The number of nitrogens with one attached hydrogen (secondary N) is 1. The average Bonchev–Trinajstić information content (AvgIpc) is 3.22. The van der Waals surface area contributed by atoms with Gasteiger partial charge in [0.05, 0.1) is 0 Å². The molecule has 2 aromatic rings. The van der Waals surface area contributed by atoms with Crippen LogP contribution in [0.1, 0.15) is 49.5 Å². The summed E-state index contributed by atoms with van der Waals surface area (Å²) in [6.07, 6.45) is 5.55. The summed E-state index contributed by atoms with van der Waals surface area (Å²) < 4.78 is 0. The predicted molar refractivity (Wildman–Crippen MR) is 129 cm³/mol. The molecule has 2 amide bonds. The van der Waals surface area contributed by atoms with Crippen molar-refractivity contribution in [2.24, 2.45) is 11.8 Å². The van der Waals surface area contributed by atoms with Gasteiger partial charge in [0.25, 0.3) is 5.91 Å². The van der Waals surface area contributed by atoms with E-state index in [0.717, 1.165) is 55.1 Å². The van der Waals surface area contributed by atoms with Crippen molar-refractivity contribution in [3.63, 3.8) is 0 Å². The fourth-order valence-electron chi connectivity index (χ4n) is 5.29. The smallest absolute Gasteiger partial charge is 0.270 e. The first-order chi connectivity index (χ1) is 15.4. The van der Waals surface area contributed by atoms with Gasteiger partial charge in [0.1, 0.15) is 12.2 Å². The summed E-state index contributed by atoms with van der Waals surface area (Å²) in [5, 5.41) is 1.54. The lowest BCUT2D eigenvalue weighted by molar-refractivity contribution is -0.133. The Morgan fingerprint density at radius 3 is 2.38 bits per heavy atom. The number of amides is 2. The van der Waals surface area contributed by atoms with Gasteiger partial charge >= 0.3 is 0 Å². The highest BCUT2D eigenvalue weighted by molar-refractivity contribution is 6.31. The Labute approximate surface area is 195 Å². The predicted octanol–water partition coefficient (Wildman–Crippen LogP) is 4.25. The molecule has 2 aliphatic rings. The number of hydrogen-bond acceptors (Lipinski definition) is 3. The standard InChI is InChI=1S/C25H35ClN4O2/c1-3-10-30(25(32)23-16-20-15-21(26)4-5-22(20)27-23)17-24(31)29-13-8-19(9-14-29)18-6-11-28(2)12-7-18/h4-5,15-16,18-19,27H,3,6-14,17H2,1-2H3. The summed E-state index contributed by atoms with van der Waals surface area (Å²) in [5.74, 6) is 1.47. The van der Waals surface area contributed by atoms with E-state index in [1.807, 2.05) is 30.0 Å². The Kier molecular flexibility index (Phi) is 7.41. The number of halogens is 1. The van der Waals surface area contributed by atoms with Crippen molar-refractivity contribution < 1.29 is 9.59 Å². The number of carbonyl (C=O) groups is 2. The van der Waals surface area contributed by atoms with E-state index in [9.17, 15) is 9.59 Å². The van der Waals surface area contributed by atoms with Crippen LogP contribution in [0.25, 0.3) is 10.9 Å². The van der Waals surface area contributed by atoms with E-state index in [-0.39, 0.29) is 18.4 Å². The van der Waals surface area contributed by atoms with Gasteiger partial charge in [0, 0.05) is 35.6 Å². The number of carbonyl (C=O) groups excluding carboxylic acids is 2. The number of likely N-dealkylation sites (tertiary alicyclic amines) is 2. The molecule has 6 nitrogen and oxygen atoms in total. The molecule has 0 saturated carbocycles. The Hall–Kier alpha value is -2.05. The third kappa shape index (κ3) is 5.29. The molecule has 3 heterocycles. The molecule has 1 aromatic heterocycles. The van der Waals surface area contributed by atoms with Crippen molar-refractivity contribution in [2.45, 2.75) is 39.0 Å². The van der Waals surface area contributed by atoms with Crippen LogP contribution in [0.15, 0.2) is 24.3 Å². The van der Waals surface area contributed by atoms with Gasteiger partial charge in [-0.3, -0.25) is 9.59 Å². The highest BCUT2D eigenvalue weighted by Gasteiger charge is 2.31. The Morgan fingerprint density at radius 1 is 1.06 bits per heavy atom. The Bertz CT molecular complexity index is 943. The monoisotopic (exact) mass is 458 g/mol. The molecule has 0 aliphatic carbocycles. The largest absolute Gasteiger partial charge is 0.351 e. The maximum atomic E-state index is 13.2. The van der Waals surface area contributed by atoms with E-state index >= 15 is 0 Å². The van der Waals surface area contributed by atoms with Crippen LogP contribution in [-0.2, 0) is 4.79 Å². The van der Waals surface area contributed by atoms with Crippen molar-refractivity contribution in [3.05, 3.63) is 35.0 Å². The minimum atomic E-state index is -0.131. The molecule has 0 spiro atoms. The van der Waals surface area contributed by atoms with Crippen LogP contribution in [0, 0.1) is 11.8 Å². The molecule has 7 heteroatoms. The summed E-state index contributed by atoms with van der Waals surface area (Å²) in [7, 11) is 2.20. The van der Waals surface area contributed by atoms with Crippen molar-refractivity contribution in [1.29, 1.82) is 0 Å². The topological polar surface area (TPSA) is 59.7 Å². The van der Waals surface area contributed by atoms with Crippen LogP contribution < -0.4 is 0 Å². The van der Waals surface area contributed by atoms with Gasteiger partial charge in [-0.05, 0) is 88.3 Å². The zero-order valence-corrected chi connectivity index (χ0v) is 20.0. The van der Waals surface area contributed by atoms with Gasteiger partial charge in [-0.25, -0.2) is 0 Å². The number of rotatable bonds is 6. The van der Waals surface area contributed by atoms with Crippen LogP contribution in [0.3, 0.4) is 0 Å². The Balaban J connectivity index is 1.35. The number of aromatic amines is 1. The van der Waals surface area contributed by atoms with Crippen molar-refractivity contribution in [2.75, 3.05) is 46.3 Å². The number of hydrogen-bond donors (Lipinski definition) is 1. The van der Waals surface area contributed by atoms with Crippen LogP contribution >= 0.6 is 11.6 Å². The molecule has 1 N–H and O–H groups in total. The molecule has 0 unspecified atom stereocenters. The number of benzene rings is 1. The van der Waals surface area contributed by atoms with E-state index < -0.39 is 0 Å². The summed E-state index contributed by atoms with van der Waals surface area (Å²) in [5.41, 5.74) is 1.38. The molecule has 32 heavy (non-hydrogen) atoms. The Morgan fingerprint density at radius 2 is 1.72 bits per heavy atom. The zero-order chi connectivity index (χ0) is 22.7. The molecule has 2 fully saturated rings. The summed E-state index contributed by atoms with van der Waals surface area (Å²) in [6.45, 7) is 6.75. The highest BCUT2D eigenvalue weighted by atomic mass is 35.5. The molecule has 0 atom stereocenters. The fraction of sp³-hybridized carbons (Fsp3) is 0.600. The lowest BCUT2D eigenvalue weighted by atomic mass is 9.79. The van der Waals surface area contributed by atoms with E-state index in [0.29, 0.717) is 17.3 Å². The van der Waals surface area contributed by atoms with Crippen molar-refractivity contribution in [1.82, 2.24) is 19.7 Å². The van der Waals surface area contributed by atoms with Gasteiger partial charge in [-0.2, -0.15) is 0 Å². The third-order valence-corrected chi connectivity index (χ3v) is 7.48. The second-order valence-electron chi connectivity index (χ2n) is 9.50. The number of aromatic nitrogens is 1. The second-order valence-corrected chi connectivity index (χ2v) is 9.94. The molecular formula is C25H35ClN4O2. The zero-order valence-electron chi connectivity index (χ0n) is 19.3. The number of H-pyrrole nitrogens is 1. The van der Waals surface area contributed by atoms with Crippen LogP contribution in [0.5, 0.6) is 0 Å². The molecule has 4 rings (SSSR count). The molecule has 2 saturated heterocycles. The van der Waals surface area contributed by atoms with Crippen LogP contribution in [0.4, 0.5) is 0 Å². The normalized spacial score (nSPS) is 18.9. The molecule has 1 aromatic carbocycles. The minimum Gasteiger partial charge on any atom is -0.351 e. The first-order valence-corrected chi connectivity index (χ1v) is 12.4. The van der Waals surface area contributed by atoms with E-state index in [4.69, 9.17) is 11.6 Å². The van der Waals surface area contributed by atoms with Crippen LogP contribution in [-0.4, -0.2) is 77.8 Å². The molecular weight excluding hydrogens is 424 g/mol. The lowest BCUT2D eigenvalue weighted by Crippen LogP contribution is -2.47. The van der Waals surface area contributed by atoms with E-state index in [1.54, 1.807) is 11.0 Å². The fourth-order valence-corrected chi connectivity index (χ4v) is 5.48. The van der Waals surface area contributed by atoms with Crippen LogP contribution in [0.2, 0.25) is 5.02 Å². The average molecular weight is 459 g/mol. The van der Waals surface area contributed by atoms with E-state index in [1.165, 1.54) is 25.9 Å². The third-order valence-electron chi connectivity index (χ3n) is 7.24. The molecule has 174 valence electrons. The quantitative estimate of drug-likeness (QED) is 0.703. The van der Waals surface area contributed by atoms with Gasteiger partial charge in [0.2, 0.25) is 5.91 Å².